The van der Waals surface area contributed by atoms with Gasteiger partial charge in [-0.1, -0.05) is 58.0 Å². The molecule has 55 heavy (non-hydrogen) atoms. The van der Waals surface area contributed by atoms with E-state index in [0.717, 1.165) is 5.56 Å². The number of halogens is 3. The number of carbonyl (C=O) groups is 3. The zero-order valence-corrected chi connectivity index (χ0v) is 31.2. The summed E-state index contributed by atoms with van der Waals surface area (Å²) in [5.74, 6) is -2.99. The van der Waals surface area contributed by atoms with Crippen molar-refractivity contribution >= 4 is 29.2 Å². The van der Waals surface area contributed by atoms with Crippen LogP contribution in [-0.2, 0) is 51.8 Å². The van der Waals surface area contributed by atoms with Crippen molar-refractivity contribution < 1.29 is 46.5 Å². The molecular formula is C40H44F3N5O7. The number of allylic oxidation sites excluding steroid dienone is 4. The number of nitrogens with two attached hydrogens (primary N) is 1. The fourth-order valence-electron chi connectivity index (χ4n) is 5.52. The van der Waals surface area contributed by atoms with Crippen molar-refractivity contribution in [3.8, 4) is 6.07 Å². The van der Waals surface area contributed by atoms with Gasteiger partial charge in [0.1, 0.15) is 35.4 Å². The van der Waals surface area contributed by atoms with Crippen molar-refractivity contribution in [1.82, 2.24) is 14.6 Å². The first-order valence-electron chi connectivity index (χ1n) is 17.6. The van der Waals surface area contributed by atoms with E-state index in [1.807, 2.05) is 27.7 Å². The Labute approximate surface area is 317 Å². The lowest BCUT2D eigenvalue weighted by atomic mass is 9.92. The van der Waals surface area contributed by atoms with Crippen LogP contribution in [-0.4, -0.2) is 58.4 Å². The maximum absolute atomic E-state index is 13.3. The van der Waals surface area contributed by atoms with Crippen LogP contribution in [0.25, 0.3) is 5.52 Å². The molecule has 1 aliphatic heterocycles. The van der Waals surface area contributed by atoms with Gasteiger partial charge in [0.25, 0.3) is 0 Å². The first-order valence-corrected chi connectivity index (χ1v) is 17.6. The van der Waals surface area contributed by atoms with Gasteiger partial charge in [0.15, 0.2) is 18.0 Å². The van der Waals surface area contributed by atoms with Crippen molar-refractivity contribution in [2.75, 3.05) is 19.5 Å². The standard InChI is InChI=1S/C27H23F2N5O5.C9H9FO2.2C2H6/c28-18-5-1-16(2-6-18)11-23(35)38-21-13-37-27(14-30,22-10-9-20-26(31)32-15-33-34(20)22)25(21)39-24(36)12-17-3-7-19(29)8-4-17;1-12-9(11)6-7-2-4-8(10)5-3-7;2*1-2/h1-3,5-10,15,17,21,25H,4,11-13H2,(H2,31,32,33);2-5H,6H2,1H3;2*1-2H3/t17?,21?,25?,27-;;;/m0.../s1. The molecule has 15 heteroatoms. The predicted octanol–water partition coefficient (Wildman–Crippen LogP) is 6.68. The summed E-state index contributed by atoms with van der Waals surface area (Å²) >= 11 is 0. The largest absolute Gasteiger partial charge is 0.469 e. The number of esters is 3. The summed E-state index contributed by atoms with van der Waals surface area (Å²) in [5.41, 5.74) is 5.90. The predicted molar refractivity (Wildman–Crippen MR) is 196 cm³/mol. The number of hydrogen-bond acceptors (Lipinski definition) is 11. The van der Waals surface area contributed by atoms with Crippen molar-refractivity contribution in [2.45, 2.75) is 71.2 Å². The fourth-order valence-corrected chi connectivity index (χ4v) is 5.52. The summed E-state index contributed by atoms with van der Waals surface area (Å²) in [6, 6.07) is 16.3. The zero-order chi connectivity index (χ0) is 40.5. The fraction of sp³-hybridized carbons (Fsp3) is 0.350. The van der Waals surface area contributed by atoms with Gasteiger partial charge in [0.2, 0.25) is 5.60 Å². The number of aromatic nitrogens is 3. The molecule has 12 nitrogen and oxygen atoms in total. The molecule has 2 aromatic heterocycles. The summed E-state index contributed by atoms with van der Waals surface area (Å²) in [7, 11) is 1.33. The Morgan fingerprint density at radius 2 is 1.51 bits per heavy atom. The molecule has 0 bridgehead atoms. The molecule has 2 aliphatic rings. The Bertz CT molecular complexity index is 1990. The molecule has 3 heterocycles. The molecule has 0 amide bonds. The molecule has 4 atom stereocenters. The van der Waals surface area contributed by atoms with E-state index in [4.69, 9.17) is 19.9 Å². The summed E-state index contributed by atoms with van der Waals surface area (Å²) in [5, 5.41) is 14.5. The molecule has 4 aromatic rings. The van der Waals surface area contributed by atoms with E-state index in [0.29, 0.717) is 17.5 Å². The van der Waals surface area contributed by atoms with E-state index in [-0.39, 0.29) is 60.9 Å². The van der Waals surface area contributed by atoms with Crippen LogP contribution in [0.1, 0.15) is 57.4 Å². The summed E-state index contributed by atoms with van der Waals surface area (Å²) in [6.07, 6.45) is 3.11. The van der Waals surface area contributed by atoms with Crippen LogP contribution in [0.5, 0.6) is 0 Å². The Morgan fingerprint density at radius 1 is 0.909 bits per heavy atom. The molecule has 2 aromatic carbocycles. The van der Waals surface area contributed by atoms with Gasteiger partial charge in [-0.05, 0) is 72.0 Å². The van der Waals surface area contributed by atoms with Crippen molar-refractivity contribution in [3.05, 3.63) is 120 Å². The molecule has 0 saturated carbocycles. The minimum absolute atomic E-state index is 0.0987. The first kappa shape index (κ1) is 43.4. The van der Waals surface area contributed by atoms with Crippen molar-refractivity contribution in [1.29, 1.82) is 5.26 Å². The number of benzene rings is 2. The molecule has 0 spiro atoms. The first-order chi connectivity index (χ1) is 26.5. The zero-order valence-electron chi connectivity index (χ0n) is 31.2. The third-order valence-electron chi connectivity index (χ3n) is 8.11. The molecular weight excluding hydrogens is 719 g/mol. The molecule has 2 N–H and O–H groups in total. The van der Waals surface area contributed by atoms with Crippen LogP contribution < -0.4 is 5.73 Å². The smallest absolute Gasteiger partial charge is 0.310 e. The van der Waals surface area contributed by atoms with E-state index in [1.165, 1.54) is 66.5 Å². The summed E-state index contributed by atoms with van der Waals surface area (Å²) in [6.45, 7) is 7.74. The maximum Gasteiger partial charge on any atom is 0.310 e. The van der Waals surface area contributed by atoms with Gasteiger partial charge in [-0.15, -0.1) is 0 Å². The van der Waals surface area contributed by atoms with Crippen LogP contribution in [0, 0.1) is 28.9 Å². The van der Waals surface area contributed by atoms with E-state index in [9.17, 15) is 32.8 Å². The Kier molecular flexibility index (Phi) is 16.6. The van der Waals surface area contributed by atoms with Crippen LogP contribution in [0.15, 0.2) is 91.0 Å². The number of ether oxygens (including phenoxy) is 4. The minimum atomic E-state index is -1.90. The highest BCUT2D eigenvalue weighted by molar-refractivity contribution is 5.74. The highest BCUT2D eigenvalue weighted by atomic mass is 19.1. The average Bonchev–Trinajstić information content (AvgIpc) is 3.79. The van der Waals surface area contributed by atoms with Crippen LogP contribution in [0.4, 0.5) is 19.0 Å². The van der Waals surface area contributed by atoms with Gasteiger partial charge in [-0.3, -0.25) is 14.4 Å². The van der Waals surface area contributed by atoms with Gasteiger partial charge < -0.3 is 24.7 Å². The van der Waals surface area contributed by atoms with Gasteiger partial charge in [-0.25, -0.2) is 22.7 Å². The second-order valence-electron chi connectivity index (χ2n) is 11.6. The van der Waals surface area contributed by atoms with Crippen LogP contribution in [0.2, 0.25) is 0 Å². The third-order valence-corrected chi connectivity index (χ3v) is 8.11. The second-order valence-corrected chi connectivity index (χ2v) is 11.6. The number of anilines is 1. The summed E-state index contributed by atoms with van der Waals surface area (Å²) in [4.78, 5) is 40.5. The average molecular weight is 764 g/mol. The van der Waals surface area contributed by atoms with Gasteiger partial charge >= 0.3 is 17.9 Å². The van der Waals surface area contributed by atoms with E-state index in [1.54, 1.807) is 30.3 Å². The monoisotopic (exact) mass is 763 g/mol. The highest BCUT2D eigenvalue weighted by Gasteiger charge is 2.58. The number of nitrogens with zero attached hydrogens (tertiary/aromatic N) is 4. The normalized spacial score (nSPS) is 19.5. The van der Waals surface area contributed by atoms with E-state index < -0.39 is 35.6 Å². The third kappa shape index (κ3) is 11.5. The maximum atomic E-state index is 13.3. The number of nitriles is 1. The number of methoxy groups -OCH3 is 1. The Morgan fingerprint density at radius 3 is 2.05 bits per heavy atom. The topological polar surface area (TPSA) is 168 Å². The van der Waals surface area contributed by atoms with E-state index >= 15 is 0 Å². The lowest BCUT2D eigenvalue weighted by Crippen LogP contribution is -2.45. The Hall–Kier alpha value is -6.01. The number of carbonyl (C=O) groups excluding carboxylic acids is 3. The van der Waals surface area contributed by atoms with Crippen LogP contribution >= 0.6 is 0 Å². The van der Waals surface area contributed by atoms with Crippen molar-refractivity contribution in [3.63, 3.8) is 0 Å². The number of nitrogen functional groups attached to an aromatic ring is 1. The summed E-state index contributed by atoms with van der Waals surface area (Å²) < 4.78 is 62.1. The van der Waals surface area contributed by atoms with Gasteiger partial charge in [0, 0.05) is 0 Å². The lowest BCUT2D eigenvalue weighted by molar-refractivity contribution is -0.169. The molecule has 3 unspecified atom stereocenters. The SMILES string of the molecule is CC.CC.COC(=O)Cc1ccc(F)cc1.N#C[C@@]1(c2ccc3c(N)ncnn23)OCC(OC(=O)Cc2ccc(F)cc2)C1OC(=O)CC1C=CC(F)=CC1. The lowest BCUT2D eigenvalue weighted by Gasteiger charge is -2.29. The van der Waals surface area contributed by atoms with Crippen LogP contribution in [0.3, 0.4) is 0 Å². The van der Waals surface area contributed by atoms with Gasteiger partial charge in [0.05, 0.1) is 38.7 Å². The van der Waals surface area contributed by atoms with E-state index in [2.05, 4.69) is 20.9 Å². The molecule has 1 fully saturated rings. The highest BCUT2D eigenvalue weighted by Crippen LogP contribution is 2.41. The molecule has 1 saturated heterocycles. The molecule has 0 radical (unpaired) electrons. The minimum Gasteiger partial charge on any atom is -0.469 e. The number of fused-ring (bicyclic) bond motifs is 1. The van der Waals surface area contributed by atoms with Crippen molar-refractivity contribution in [2.24, 2.45) is 5.92 Å². The number of rotatable bonds is 9. The molecule has 6 rings (SSSR count). The molecule has 292 valence electrons. The van der Waals surface area contributed by atoms with Gasteiger partial charge in [-0.2, -0.15) is 10.4 Å². The molecule has 1 aliphatic carbocycles. The Balaban J connectivity index is 0.000000428. The number of hydrogen-bond donors (Lipinski definition) is 1. The second kappa shape index (κ2) is 21.0. The quantitative estimate of drug-likeness (QED) is 0.143.